The molecule has 1 aliphatic rings. The highest BCUT2D eigenvalue weighted by molar-refractivity contribution is 6.04. The molecule has 0 unspecified atom stereocenters. The maximum atomic E-state index is 12.5. The maximum absolute atomic E-state index is 12.5. The minimum atomic E-state index is -0.288. The van der Waals surface area contributed by atoms with Crippen molar-refractivity contribution in [3.63, 3.8) is 0 Å². The Morgan fingerprint density at radius 3 is 2.76 bits per heavy atom. The molecule has 1 saturated heterocycles. The first-order chi connectivity index (χ1) is 12.2. The van der Waals surface area contributed by atoms with Gasteiger partial charge in [0.1, 0.15) is 6.07 Å². The fraction of sp³-hybridized carbons (Fsp3) is 0.211. The molecule has 0 spiro atoms. The van der Waals surface area contributed by atoms with Gasteiger partial charge in [-0.2, -0.15) is 5.26 Å². The summed E-state index contributed by atoms with van der Waals surface area (Å²) in [4.78, 5) is 22.1. The van der Waals surface area contributed by atoms with E-state index in [9.17, 15) is 10.1 Å². The second kappa shape index (κ2) is 6.29. The minimum Gasteiger partial charge on any atom is -0.370 e. The van der Waals surface area contributed by atoms with Crippen molar-refractivity contribution in [3.8, 4) is 6.07 Å². The quantitative estimate of drug-likeness (QED) is 0.771. The Balaban J connectivity index is 1.58. The lowest BCUT2D eigenvalue weighted by Gasteiger charge is -2.19. The third-order valence-electron chi connectivity index (χ3n) is 4.45. The number of carbonyl (C=O) groups excluding carboxylic acids is 1. The second-order valence-electron chi connectivity index (χ2n) is 6.09. The normalized spacial score (nSPS) is 13.8. The molecule has 4 rings (SSSR count). The predicted octanol–water partition coefficient (Wildman–Crippen LogP) is 3.29. The third-order valence-corrected chi connectivity index (χ3v) is 4.45. The molecule has 3 aromatic rings. The fourth-order valence-electron chi connectivity index (χ4n) is 3.19. The summed E-state index contributed by atoms with van der Waals surface area (Å²) in [6, 6.07) is 15.0. The molecule has 1 aliphatic heterocycles. The molecule has 2 heterocycles. The average Bonchev–Trinajstić information content (AvgIpc) is 3.30. The van der Waals surface area contributed by atoms with Gasteiger partial charge in [-0.05, 0) is 43.2 Å². The van der Waals surface area contributed by atoms with Gasteiger partial charge in [0, 0.05) is 18.7 Å². The maximum Gasteiger partial charge on any atom is 0.258 e. The van der Waals surface area contributed by atoms with Crippen molar-refractivity contribution >= 4 is 28.6 Å². The van der Waals surface area contributed by atoms with Gasteiger partial charge >= 0.3 is 0 Å². The standard InChI is InChI=1S/C19H17N5O/c20-12-14-11-13(7-8-17(14)24-9-3-4-10-24)18(25)23-19-21-15-5-1-2-6-16(15)22-19/h1-2,5-8,11H,3-4,9-10H2,(H2,21,22,23,25). The van der Waals surface area contributed by atoms with E-state index in [1.165, 1.54) is 0 Å². The van der Waals surface area contributed by atoms with Gasteiger partial charge in [-0.15, -0.1) is 0 Å². The first kappa shape index (κ1) is 15.2. The number of benzene rings is 2. The van der Waals surface area contributed by atoms with Crippen LogP contribution in [0.1, 0.15) is 28.8 Å². The van der Waals surface area contributed by atoms with E-state index in [0.29, 0.717) is 17.1 Å². The number of aromatic amines is 1. The molecular weight excluding hydrogens is 314 g/mol. The van der Waals surface area contributed by atoms with Crippen molar-refractivity contribution in [3.05, 3.63) is 53.6 Å². The van der Waals surface area contributed by atoms with E-state index in [4.69, 9.17) is 0 Å². The Morgan fingerprint density at radius 1 is 1.20 bits per heavy atom. The van der Waals surface area contributed by atoms with Crippen LogP contribution >= 0.6 is 0 Å². The molecule has 1 aromatic heterocycles. The van der Waals surface area contributed by atoms with Crippen LogP contribution < -0.4 is 10.2 Å². The Bertz CT molecular complexity index is 946. The van der Waals surface area contributed by atoms with E-state index >= 15 is 0 Å². The highest BCUT2D eigenvalue weighted by atomic mass is 16.1. The summed E-state index contributed by atoms with van der Waals surface area (Å²) in [6.45, 7) is 1.92. The number of anilines is 2. The van der Waals surface area contributed by atoms with Gasteiger partial charge in [0.05, 0.1) is 22.3 Å². The number of hydrogen-bond acceptors (Lipinski definition) is 4. The number of para-hydroxylation sites is 2. The number of imidazole rings is 1. The molecule has 0 saturated carbocycles. The average molecular weight is 331 g/mol. The van der Waals surface area contributed by atoms with E-state index in [1.54, 1.807) is 12.1 Å². The van der Waals surface area contributed by atoms with Gasteiger partial charge in [-0.3, -0.25) is 10.1 Å². The van der Waals surface area contributed by atoms with E-state index in [2.05, 4.69) is 26.3 Å². The molecular formula is C19H17N5O. The number of rotatable bonds is 3. The van der Waals surface area contributed by atoms with Crippen LogP contribution in [0, 0.1) is 11.3 Å². The lowest BCUT2D eigenvalue weighted by Crippen LogP contribution is -2.19. The third kappa shape index (κ3) is 2.92. The molecule has 0 aliphatic carbocycles. The number of nitrogens with zero attached hydrogens (tertiary/aromatic N) is 3. The number of aromatic nitrogens is 2. The van der Waals surface area contributed by atoms with Crippen LogP contribution in [-0.2, 0) is 0 Å². The van der Waals surface area contributed by atoms with Crippen LogP contribution in [0.4, 0.5) is 11.6 Å². The summed E-state index contributed by atoms with van der Waals surface area (Å²) < 4.78 is 0. The molecule has 0 radical (unpaired) electrons. The van der Waals surface area contributed by atoms with Gasteiger partial charge < -0.3 is 9.88 Å². The second-order valence-corrected chi connectivity index (χ2v) is 6.09. The summed E-state index contributed by atoms with van der Waals surface area (Å²) in [7, 11) is 0. The molecule has 6 heteroatoms. The number of nitrogens with one attached hydrogen (secondary N) is 2. The van der Waals surface area contributed by atoms with Crippen LogP contribution in [-0.4, -0.2) is 29.0 Å². The van der Waals surface area contributed by atoms with Crippen molar-refractivity contribution < 1.29 is 4.79 Å². The summed E-state index contributed by atoms with van der Waals surface area (Å²) in [6.07, 6.45) is 2.28. The molecule has 6 nitrogen and oxygen atoms in total. The molecule has 0 atom stereocenters. The van der Waals surface area contributed by atoms with Crippen LogP contribution in [0.3, 0.4) is 0 Å². The number of nitriles is 1. The van der Waals surface area contributed by atoms with Gasteiger partial charge in [0.2, 0.25) is 5.95 Å². The highest BCUT2D eigenvalue weighted by Gasteiger charge is 2.18. The van der Waals surface area contributed by atoms with E-state index in [0.717, 1.165) is 42.7 Å². The molecule has 25 heavy (non-hydrogen) atoms. The Hall–Kier alpha value is -3.33. The highest BCUT2D eigenvalue weighted by Crippen LogP contribution is 2.25. The van der Waals surface area contributed by atoms with Crippen molar-refractivity contribution in [2.75, 3.05) is 23.3 Å². The van der Waals surface area contributed by atoms with Crippen LogP contribution in [0.15, 0.2) is 42.5 Å². The van der Waals surface area contributed by atoms with Crippen molar-refractivity contribution in [2.45, 2.75) is 12.8 Å². The SMILES string of the molecule is N#Cc1cc(C(=O)Nc2nc3ccccc3[nH]2)ccc1N1CCCC1. The number of amides is 1. The monoisotopic (exact) mass is 331 g/mol. The van der Waals surface area contributed by atoms with Crippen molar-refractivity contribution in [2.24, 2.45) is 0 Å². The Kier molecular flexibility index (Phi) is 3.82. The lowest BCUT2D eigenvalue weighted by molar-refractivity contribution is 0.102. The molecule has 1 amide bonds. The smallest absolute Gasteiger partial charge is 0.258 e. The fourth-order valence-corrected chi connectivity index (χ4v) is 3.19. The topological polar surface area (TPSA) is 84.8 Å². The van der Waals surface area contributed by atoms with Crippen molar-refractivity contribution in [1.82, 2.24) is 9.97 Å². The number of carbonyl (C=O) groups is 1. The van der Waals surface area contributed by atoms with E-state index < -0.39 is 0 Å². The van der Waals surface area contributed by atoms with Crippen LogP contribution in [0.5, 0.6) is 0 Å². The van der Waals surface area contributed by atoms with E-state index in [-0.39, 0.29) is 5.91 Å². The van der Waals surface area contributed by atoms with Crippen LogP contribution in [0.25, 0.3) is 11.0 Å². The summed E-state index contributed by atoms with van der Waals surface area (Å²) in [5.41, 5.74) is 3.53. The van der Waals surface area contributed by atoms with Gasteiger partial charge in [0.15, 0.2) is 0 Å². The zero-order valence-corrected chi connectivity index (χ0v) is 13.6. The summed E-state index contributed by atoms with van der Waals surface area (Å²) in [5, 5.41) is 12.2. The van der Waals surface area contributed by atoms with Gasteiger partial charge in [-0.1, -0.05) is 12.1 Å². The molecule has 2 aromatic carbocycles. The number of fused-ring (bicyclic) bond motifs is 1. The Morgan fingerprint density at radius 2 is 2.00 bits per heavy atom. The summed E-state index contributed by atoms with van der Waals surface area (Å²) >= 11 is 0. The Labute approximate surface area is 145 Å². The van der Waals surface area contributed by atoms with Crippen molar-refractivity contribution in [1.29, 1.82) is 5.26 Å². The molecule has 1 fully saturated rings. The van der Waals surface area contributed by atoms with Gasteiger partial charge in [0.25, 0.3) is 5.91 Å². The minimum absolute atomic E-state index is 0.288. The largest absolute Gasteiger partial charge is 0.370 e. The molecule has 2 N–H and O–H groups in total. The lowest BCUT2D eigenvalue weighted by atomic mass is 10.1. The number of H-pyrrole nitrogens is 1. The zero-order chi connectivity index (χ0) is 17.2. The number of hydrogen-bond donors (Lipinski definition) is 2. The molecule has 124 valence electrons. The zero-order valence-electron chi connectivity index (χ0n) is 13.6. The summed E-state index contributed by atoms with van der Waals surface area (Å²) in [5.74, 6) is 0.108. The van der Waals surface area contributed by atoms with Crippen LogP contribution in [0.2, 0.25) is 0 Å². The first-order valence-electron chi connectivity index (χ1n) is 8.30. The predicted molar refractivity (Wildman–Crippen MR) is 96.7 cm³/mol. The van der Waals surface area contributed by atoms with E-state index in [1.807, 2.05) is 30.3 Å². The molecule has 0 bridgehead atoms. The first-order valence-corrected chi connectivity index (χ1v) is 8.30. The van der Waals surface area contributed by atoms with Gasteiger partial charge in [-0.25, -0.2) is 4.98 Å².